The van der Waals surface area contributed by atoms with Crippen LogP contribution < -0.4 is 16.0 Å². The van der Waals surface area contributed by atoms with E-state index in [9.17, 15) is 19.2 Å². The van der Waals surface area contributed by atoms with Crippen LogP contribution in [0.1, 0.15) is 63.6 Å². The summed E-state index contributed by atoms with van der Waals surface area (Å²) in [5.41, 5.74) is 1.53. The monoisotopic (exact) mass is 632 g/mol. The standard InChI is InChI=1S/C31H41ClN4O4S2/c1-21(2)19-27(35-28(37)9-4-3-8-25-15-18-41-42-25)30(39)36-26(20-22-10-12-23(32)13-11-22)29(38)31(40)34-17-14-24-7-5-6-16-33-24/h5-7,10-13,16,21,25-27H,3-4,8-9,14-15,17-20H2,1-2H3,(H,34,40)(H,35,37)(H,36,39)/t25?,26-,27-/m0/s1. The van der Waals surface area contributed by atoms with Crippen LogP contribution in [0.4, 0.5) is 0 Å². The number of rotatable bonds is 17. The van der Waals surface area contributed by atoms with Gasteiger partial charge in [-0.1, -0.05) is 71.7 Å². The number of ketones is 1. The molecule has 2 heterocycles. The zero-order valence-electron chi connectivity index (χ0n) is 24.3. The van der Waals surface area contributed by atoms with Crippen LogP contribution >= 0.6 is 33.2 Å². The molecule has 0 radical (unpaired) electrons. The van der Waals surface area contributed by atoms with Gasteiger partial charge in [-0.25, -0.2) is 0 Å². The lowest BCUT2D eigenvalue weighted by Gasteiger charge is -2.24. The first-order valence-corrected chi connectivity index (χ1v) is 17.3. The third-order valence-electron chi connectivity index (χ3n) is 6.87. The molecule has 3 atom stereocenters. The normalized spacial score (nSPS) is 16.0. The van der Waals surface area contributed by atoms with E-state index >= 15 is 0 Å². The molecule has 0 spiro atoms. The molecule has 3 amide bonds. The minimum atomic E-state index is -1.11. The highest BCUT2D eigenvalue weighted by atomic mass is 35.5. The SMILES string of the molecule is CC(C)C[C@H](NC(=O)CCCCC1CCSS1)C(=O)N[C@@H](Cc1ccc(Cl)cc1)C(=O)C(=O)NCCc1ccccn1. The molecule has 42 heavy (non-hydrogen) atoms. The average molecular weight is 633 g/mol. The minimum absolute atomic E-state index is 0.106. The summed E-state index contributed by atoms with van der Waals surface area (Å²) in [7, 11) is 3.85. The summed E-state index contributed by atoms with van der Waals surface area (Å²) >= 11 is 6.02. The average Bonchev–Trinajstić information content (AvgIpc) is 3.49. The van der Waals surface area contributed by atoms with Crippen LogP contribution in [0.5, 0.6) is 0 Å². The number of benzene rings is 1. The maximum atomic E-state index is 13.5. The molecule has 8 nitrogen and oxygen atoms in total. The van der Waals surface area contributed by atoms with E-state index in [1.54, 1.807) is 36.5 Å². The topological polar surface area (TPSA) is 117 Å². The Morgan fingerprint density at radius 2 is 1.81 bits per heavy atom. The molecule has 0 saturated carbocycles. The summed E-state index contributed by atoms with van der Waals surface area (Å²) in [6.45, 7) is 4.16. The molecule has 0 bridgehead atoms. The molecule has 1 saturated heterocycles. The van der Waals surface area contributed by atoms with Crippen LogP contribution in [-0.2, 0) is 32.0 Å². The third kappa shape index (κ3) is 12.4. The fraction of sp³-hybridized carbons (Fsp3) is 0.516. The number of carbonyl (C=O) groups is 4. The van der Waals surface area contributed by atoms with Crippen molar-refractivity contribution >= 4 is 56.7 Å². The van der Waals surface area contributed by atoms with Crippen LogP contribution in [0, 0.1) is 5.92 Å². The Morgan fingerprint density at radius 1 is 1.02 bits per heavy atom. The number of carbonyl (C=O) groups excluding carboxylic acids is 4. The van der Waals surface area contributed by atoms with Gasteiger partial charge in [-0.2, -0.15) is 0 Å². The number of unbranched alkanes of at least 4 members (excludes halogenated alkanes) is 1. The molecule has 1 aromatic carbocycles. The van der Waals surface area contributed by atoms with Gasteiger partial charge in [-0.05, 0) is 61.4 Å². The Hall–Kier alpha value is -2.56. The number of hydrogen-bond acceptors (Lipinski definition) is 7. The first-order valence-electron chi connectivity index (χ1n) is 14.6. The van der Waals surface area contributed by atoms with Crippen LogP contribution in [0.3, 0.4) is 0 Å². The molecule has 2 aromatic rings. The van der Waals surface area contributed by atoms with E-state index in [0.717, 1.165) is 30.5 Å². The summed E-state index contributed by atoms with van der Waals surface area (Å²) in [6.07, 6.45) is 7.05. The fourth-order valence-electron chi connectivity index (χ4n) is 4.62. The van der Waals surface area contributed by atoms with Crippen molar-refractivity contribution in [2.45, 2.75) is 82.5 Å². The smallest absolute Gasteiger partial charge is 0.289 e. The molecule has 1 aromatic heterocycles. The van der Waals surface area contributed by atoms with Crippen molar-refractivity contribution in [3.63, 3.8) is 0 Å². The quantitative estimate of drug-likeness (QED) is 0.129. The Balaban J connectivity index is 1.61. The van der Waals surface area contributed by atoms with Crippen molar-refractivity contribution in [2.75, 3.05) is 12.3 Å². The molecule has 3 N–H and O–H groups in total. The van der Waals surface area contributed by atoms with Gasteiger partial charge < -0.3 is 16.0 Å². The first-order chi connectivity index (χ1) is 20.2. The van der Waals surface area contributed by atoms with E-state index in [-0.39, 0.29) is 24.8 Å². The molecule has 11 heteroatoms. The van der Waals surface area contributed by atoms with E-state index in [1.165, 1.54) is 12.2 Å². The van der Waals surface area contributed by atoms with Gasteiger partial charge in [-0.3, -0.25) is 24.2 Å². The minimum Gasteiger partial charge on any atom is -0.349 e. The maximum Gasteiger partial charge on any atom is 0.289 e. The molecule has 3 rings (SSSR count). The van der Waals surface area contributed by atoms with Gasteiger partial charge in [0.05, 0.1) is 0 Å². The molecule has 1 unspecified atom stereocenters. The summed E-state index contributed by atoms with van der Waals surface area (Å²) in [5, 5.41) is 9.50. The van der Waals surface area contributed by atoms with Gasteiger partial charge in [0.1, 0.15) is 12.1 Å². The van der Waals surface area contributed by atoms with Crippen LogP contribution in [0.15, 0.2) is 48.7 Å². The number of aromatic nitrogens is 1. The Kier molecular flexibility index (Phi) is 14.7. The van der Waals surface area contributed by atoms with Gasteiger partial charge in [-0.15, -0.1) is 0 Å². The number of amides is 3. The van der Waals surface area contributed by atoms with Crippen molar-refractivity contribution in [1.82, 2.24) is 20.9 Å². The van der Waals surface area contributed by atoms with Crippen molar-refractivity contribution in [2.24, 2.45) is 5.92 Å². The van der Waals surface area contributed by atoms with E-state index in [2.05, 4.69) is 20.9 Å². The summed E-state index contributed by atoms with van der Waals surface area (Å²) < 4.78 is 0. The summed E-state index contributed by atoms with van der Waals surface area (Å²) in [5.74, 6) is -0.887. The predicted octanol–water partition coefficient (Wildman–Crippen LogP) is 4.94. The number of hydrogen-bond donors (Lipinski definition) is 3. The van der Waals surface area contributed by atoms with E-state index in [4.69, 9.17) is 11.6 Å². The Labute approximate surface area is 261 Å². The zero-order valence-corrected chi connectivity index (χ0v) is 26.7. The van der Waals surface area contributed by atoms with Gasteiger partial charge in [0.2, 0.25) is 17.6 Å². The van der Waals surface area contributed by atoms with Crippen LogP contribution in [0.25, 0.3) is 0 Å². The molecule has 1 aliphatic heterocycles. The second kappa shape index (κ2) is 18.2. The highest BCUT2D eigenvalue weighted by Gasteiger charge is 2.30. The summed E-state index contributed by atoms with van der Waals surface area (Å²) in [6, 6.07) is 10.5. The lowest BCUT2D eigenvalue weighted by molar-refractivity contribution is -0.140. The fourth-order valence-corrected chi connectivity index (χ4v) is 7.78. The van der Waals surface area contributed by atoms with Gasteiger partial charge in [0.15, 0.2) is 0 Å². The lowest BCUT2D eigenvalue weighted by atomic mass is 9.99. The molecular formula is C31H41ClN4O4S2. The largest absolute Gasteiger partial charge is 0.349 e. The van der Waals surface area contributed by atoms with Crippen molar-refractivity contribution in [1.29, 1.82) is 0 Å². The van der Waals surface area contributed by atoms with Crippen molar-refractivity contribution in [3.8, 4) is 0 Å². The van der Waals surface area contributed by atoms with E-state index in [1.807, 2.05) is 47.6 Å². The number of Topliss-reactive ketones (excluding diaryl/α,β-unsaturated/α-hetero) is 1. The maximum absolute atomic E-state index is 13.5. The number of nitrogens with zero attached hydrogens (tertiary/aromatic N) is 1. The lowest BCUT2D eigenvalue weighted by Crippen LogP contribution is -2.55. The third-order valence-corrected chi connectivity index (χ3v) is 10.1. The number of pyridine rings is 1. The number of nitrogens with one attached hydrogen (secondary N) is 3. The molecular weight excluding hydrogens is 592 g/mol. The van der Waals surface area contributed by atoms with Crippen molar-refractivity contribution in [3.05, 3.63) is 64.9 Å². The molecule has 228 valence electrons. The van der Waals surface area contributed by atoms with Gasteiger partial charge in [0.25, 0.3) is 5.91 Å². The Bertz CT molecular complexity index is 1160. The predicted molar refractivity (Wildman–Crippen MR) is 171 cm³/mol. The van der Waals surface area contributed by atoms with Crippen molar-refractivity contribution < 1.29 is 19.2 Å². The summed E-state index contributed by atoms with van der Waals surface area (Å²) in [4.78, 5) is 56.6. The molecule has 1 fully saturated rings. The highest BCUT2D eigenvalue weighted by Crippen LogP contribution is 2.39. The first kappa shape index (κ1) is 33.9. The Morgan fingerprint density at radius 3 is 2.48 bits per heavy atom. The highest BCUT2D eigenvalue weighted by molar-refractivity contribution is 8.77. The zero-order chi connectivity index (χ0) is 30.3. The second-order valence-electron chi connectivity index (χ2n) is 10.9. The molecule has 0 aliphatic carbocycles. The van der Waals surface area contributed by atoms with E-state index < -0.39 is 29.7 Å². The van der Waals surface area contributed by atoms with Crippen LogP contribution in [-0.4, -0.2) is 58.1 Å². The van der Waals surface area contributed by atoms with Gasteiger partial charge in [0, 0.05) is 53.7 Å². The van der Waals surface area contributed by atoms with Gasteiger partial charge >= 0.3 is 0 Å². The number of halogens is 1. The molecule has 1 aliphatic rings. The second-order valence-corrected chi connectivity index (χ2v) is 14.1. The van der Waals surface area contributed by atoms with E-state index in [0.29, 0.717) is 29.5 Å². The van der Waals surface area contributed by atoms with Crippen LogP contribution in [0.2, 0.25) is 5.02 Å².